The number of methoxy groups -OCH3 is 1. The van der Waals surface area contributed by atoms with Crippen LogP contribution in [-0.2, 0) is 6.42 Å². The van der Waals surface area contributed by atoms with Gasteiger partial charge in [-0.05, 0) is 19.1 Å². The SMILES string of the molecule is COc1ccccc1-c1nc2c(s1)C(C)NCC2. The molecule has 1 atom stereocenters. The average Bonchev–Trinajstić information content (AvgIpc) is 2.84. The van der Waals surface area contributed by atoms with Gasteiger partial charge in [-0.2, -0.15) is 0 Å². The minimum atomic E-state index is 0.412. The lowest BCUT2D eigenvalue weighted by atomic mass is 10.1. The fourth-order valence-electron chi connectivity index (χ4n) is 2.32. The number of aromatic nitrogens is 1. The summed E-state index contributed by atoms with van der Waals surface area (Å²) in [6.07, 6.45) is 1.02. The second-order valence-corrected chi connectivity index (χ2v) is 5.49. The number of nitrogens with one attached hydrogen (secondary N) is 1. The van der Waals surface area contributed by atoms with Crippen LogP contribution in [0.4, 0.5) is 0 Å². The monoisotopic (exact) mass is 260 g/mol. The number of nitrogens with zero attached hydrogens (tertiary/aromatic N) is 1. The van der Waals surface area contributed by atoms with Crippen molar-refractivity contribution in [3.63, 3.8) is 0 Å². The van der Waals surface area contributed by atoms with Crippen molar-refractivity contribution in [2.45, 2.75) is 19.4 Å². The highest BCUT2D eigenvalue weighted by Crippen LogP contribution is 2.37. The summed E-state index contributed by atoms with van der Waals surface area (Å²) in [6, 6.07) is 8.48. The van der Waals surface area contributed by atoms with Crippen LogP contribution in [0, 0.1) is 0 Å². The maximum absolute atomic E-state index is 5.41. The standard InChI is InChI=1S/C14H16N2OS/c1-9-13-11(7-8-15-9)16-14(18-13)10-5-3-4-6-12(10)17-2/h3-6,9,15H,7-8H2,1-2H3. The summed E-state index contributed by atoms with van der Waals surface area (Å²) >= 11 is 1.77. The van der Waals surface area contributed by atoms with E-state index in [1.54, 1.807) is 18.4 Å². The van der Waals surface area contributed by atoms with Crippen LogP contribution in [0.25, 0.3) is 10.6 Å². The predicted octanol–water partition coefficient (Wildman–Crippen LogP) is 3.03. The summed E-state index contributed by atoms with van der Waals surface area (Å²) in [6.45, 7) is 3.21. The first-order valence-corrected chi connectivity index (χ1v) is 6.97. The smallest absolute Gasteiger partial charge is 0.129 e. The Morgan fingerprint density at radius 3 is 3.00 bits per heavy atom. The van der Waals surface area contributed by atoms with Gasteiger partial charge in [0.15, 0.2) is 0 Å². The van der Waals surface area contributed by atoms with Crippen molar-refractivity contribution in [2.24, 2.45) is 0 Å². The van der Waals surface area contributed by atoms with E-state index in [2.05, 4.69) is 18.3 Å². The second kappa shape index (κ2) is 4.71. The molecule has 0 radical (unpaired) electrons. The molecule has 1 aromatic heterocycles. The summed E-state index contributed by atoms with van der Waals surface area (Å²) < 4.78 is 5.41. The van der Waals surface area contributed by atoms with Gasteiger partial charge in [-0.1, -0.05) is 12.1 Å². The van der Waals surface area contributed by atoms with E-state index in [4.69, 9.17) is 9.72 Å². The molecule has 0 saturated heterocycles. The van der Waals surface area contributed by atoms with Gasteiger partial charge >= 0.3 is 0 Å². The van der Waals surface area contributed by atoms with Crippen LogP contribution in [0.15, 0.2) is 24.3 Å². The molecule has 1 N–H and O–H groups in total. The van der Waals surface area contributed by atoms with Crippen LogP contribution in [0.3, 0.4) is 0 Å². The molecule has 3 nitrogen and oxygen atoms in total. The number of hydrogen-bond donors (Lipinski definition) is 1. The molecule has 0 amide bonds. The van der Waals surface area contributed by atoms with E-state index in [9.17, 15) is 0 Å². The minimum absolute atomic E-state index is 0.412. The van der Waals surface area contributed by atoms with Gasteiger partial charge in [0.1, 0.15) is 10.8 Å². The molecule has 4 heteroatoms. The highest BCUT2D eigenvalue weighted by atomic mass is 32.1. The van der Waals surface area contributed by atoms with Gasteiger partial charge in [0, 0.05) is 23.9 Å². The number of benzene rings is 1. The average molecular weight is 260 g/mol. The lowest BCUT2D eigenvalue weighted by Crippen LogP contribution is -2.26. The van der Waals surface area contributed by atoms with Crippen molar-refractivity contribution >= 4 is 11.3 Å². The quantitative estimate of drug-likeness (QED) is 0.901. The summed E-state index contributed by atoms with van der Waals surface area (Å²) in [5.41, 5.74) is 2.33. The minimum Gasteiger partial charge on any atom is -0.496 e. The first-order chi connectivity index (χ1) is 8.79. The molecule has 0 aliphatic carbocycles. The number of ether oxygens (including phenoxy) is 1. The van der Waals surface area contributed by atoms with Gasteiger partial charge in [-0.25, -0.2) is 4.98 Å². The third-order valence-electron chi connectivity index (χ3n) is 3.27. The Morgan fingerprint density at radius 1 is 1.39 bits per heavy atom. The van der Waals surface area contributed by atoms with E-state index in [0.717, 1.165) is 29.3 Å². The zero-order valence-electron chi connectivity index (χ0n) is 10.6. The molecule has 2 aromatic rings. The Balaban J connectivity index is 2.07. The fraction of sp³-hybridized carbons (Fsp3) is 0.357. The van der Waals surface area contributed by atoms with Crippen LogP contribution in [0.2, 0.25) is 0 Å². The molecule has 0 bridgehead atoms. The van der Waals surface area contributed by atoms with E-state index >= 15 is 0 Å². The summed E-state index contributed by atoms with van der Waals surface area (Å²) in [7, 11) is 1.70. The van der Waals surface area contributed by atoms with Crippen LogP contribution in [0.5, 0.6) is 5.75 Å². The van der Waals surface area contributed by atoms with E-state index in [1.165, 1.54) is 10.6 Å². The number of thiazole rings is 1. The number of para-hydroxylation sites is 1. The first kappa shape index (κ1) is 11.7. The third-order valence-corrected chi connectivity index (χ3v) is 4.58. The maximum atomic E-state index is 5.41. The molecule has 18 heavy (non-hydrogen) atoms. The lowest BCUT2D eigenvalue weighted by Gasteiger charge is -2.18. The van der Waals surface area contributed by atoms with Gasteiger partial charge in [-0.3, -0.25) is 0 Å². The molecule has 3 rings (SSSR count). The molecular formula is C14H16N2OS. The predicted molar refractivity (Wildman–Crippen MR) is 74.2 cm³/mol. The first-order valence-electron chi connectivity index (χ1n) is 6.16. The molecule has 1 aromatic carbocycles. The molecular weight excluding hydrogens is 244 g/mol. The van der Waals surface area contributed by atoms with Gasteiger partial charge in [-0.15, -0.1) is 11.3 Å². The molecule has 2 heterocycles. The van der Waals surface area contributed by atoms with Gasteiger partial charge in [0.2, 0.25) is 0 Å². The van der Waals surface area contributed by atoms with Crippen LogP contribution in [-0.4, -0.2) is 18.6 Å². The Kier molecular flexibility index (Phi) is 3.06. The Morgan fingerprint density at radius 2 is 2.22 bits per heavy atom. The Hall–Kier alpha value is -1.39. The Labute approximate surface area is 111 Å². The van der Waals surface area contributed by atoms with Crippen molar-refractivity contribution in [3.05, 3.63) is 34.8 Å². The number of fused-ring (bicyclic) bond motifs is 1. The lowest BCUT2D eigenvalue weighted by molar-refractivity contribution is 0.416. The topological polar surface area (TPSA) is 34.1 Å². The molecule has 1 unspecified atom stereocenters. The fourth-order valence-corrected chi connectivity index (χ4v) is 3.49. The van der Waals surface area contributed by atoms with Crippen molar-refractivity contribution in [1.82, 2.24) is 10.3 Å². The highest BCUT2D eigenvalue weighted by Gasteiger charge is 2.22. The third kappa shape index (κ3) is 1.91. The van der Waals surface area contributed by atoms with Gasteiger partial charge in [0.25, 0.3) is 0 Å². The molecule has 0 fully saturated rings. The largest absolute Gasteiger partial charge is 0.496 e. The zero-order chi connectivity index (χ0) is 12.5. The van der Waals surface area contributed by atoms with Gasteiger partial charge < -0.3 is 10.1 Å². The molecule has 1 aliphatic rings. The van der Waals surface area contributed by atoms with Gasteiger partial charge in [0.05, 0.1) is 18.4 Å². The normalized spacial score (nSPS) is 18.4. The summed E-state index contributed by atoms with van der Waals surface area (Å²) in [5, 5.41) is 4.53. The van der Waals surface area contributed by atoms with Crippen molar-refractivity contribution in [1.29, 1.82) is 0 Å². The van der Waals surface area contributed by atoms with E-state index in [1.807, 2.05) is 18.2 Å². The highest BCUT2D eigenvalue weighted by molar-refractivity contribution is 7.15. The summed E-state index contributed by atoms with van der Waals surface area (Å²) in [4.78, 5) is 6.14. The second-order valence-electron chi connectivity index (χ2n) is 4.46. The molecule has 94 valence electrons. The molecule has 0 saturated carbocycles. The number of rotatable bonds is 2. The van der Waals surface area contributed by atoms with E-state index in [-0.39, 0.29) is 0 Å². The van der Waals surface area contributed by atoms with E-state index in [0.29, 0.717) is 6.04 Å². The molecule has 0 spiro atoms. The zero-order valence-corrected chi connectivity index (χ0v) is 11.4. The van der Waals surface area contributed by atoms with Crippen LogP contribution >= 0.6 is 11.3 Å². The van der Waals surface area contributed by atoms with Crippen LogP contribution < -0.4 is 10.1 Å². The van der Waals surface area contributed by atoms with Crippen molar-refractivity contribution in [2.75, 3.05) is 13.7 Å². The number of hydrogen-bond acceptors (Lipinski definition) is 4. The van der Waals surface area contributed by atoms with Crippen molar-refractivity contribution in [3.8, 4) is 16.3 Å². The molecule has 1 aliphatic heterocycles. The van der Waals surface area contributed by atoms with E-state index < -0.39 is 0 Å². The summed E-state index contributed by atoms with van der Waals surface area (Å²) in [5.74, 6) is 0.893. The maximum Gasteiger partial charge on any atom is 0.129 e. The van der Waals surface area contributed by atoms with Crippen molar-refractivity contribution < 1.29 is 4.74 Å². The Bertz CT molecular complexity index is 565. The van der Waals surface area contributed by atoms with Crippen LogP contribution in [0.1, 0.15) is 23.5 Å².